The van der Waals surface area contributed by atoms with Gasteiger partial charge in [0.1, 0.15) is 6.54 Å². The number of aromatic nitrogens is 2. The molecular formula is C25H23N3O4S. The van der Waals surface area contributed by atoms with Crippen LogP contribution in [0.1, 0.15) is 22.0 Å². The monoisotopic (exact) mass is 461 g/mol. The van der Waals surface area contributed by atoms with Crippen LogP contribution in [0.4, 0.5) is 0 Å². The third kappa shape index (κ3) is 3.76. The molecule has 7 nitrogen and oxygen atoms in total. The summed E-state index contributed by atoms with van der Waals surface area (Å²) >= 11 is 1.60. The number of fused-ring (bicyclic) bond motifs is 2. The lowest BCUT2D eigenvalue weighted by molar-refractivity contribution is -0.134. The summed E-state index contributed by atoms with van der Waals surface area (Å²) in [5, 5.41) is 2.51. The van der Waals surface area contributed by atoms with E-state index in [4.69, 9.17) is 9.47 Å². The van der Waals surface area contributed by atoms with E-state index in [1.54, 1.807) is 43.8 Å². The molecular weight excluding hydrogens is 438 g/mol. The maximum Gasteiger partial charge on any atom is 0.261 e. The highest BCUT2D eigenvalue weighted by Crippen LogP contribution is 2.42. The minimum Gasteiger partial charge on any atom is -0.493 e. The van der Waals surface area contributed by atoms with Gasteiger partial charge < -0.3 is 14.4 Å². The van der Waals surface area contributed by atoms with Gasteiger partial charge in [0.05, 0.1) is 37.5 Å². The Labute approximate surface area is 194 Å². The Morgan fingerprint density at radius 1 is 1.12 bits per heavy atom. The van der Waals surface area contributed by atoms with Crippen LogP contribution in [0.2, 0.25) is 0 Å². The number of thiophene rings is 1. The number of rotatable bonds is 5. The van der Waals surface area contributed by atoms with Crippen molar-refractivity contribution in [2.75, 3.05) is 20.8 Å². The molecule has 0 radical (unpaired) electrons. The lowest BCUT2D eigenvalue weighted by Gasteiger charge is -2.37. The van der Waals surface area contributed by atoms with Crippen LogP contribution in [0.15, 0.2) is 65.0 Å². The molecule has 3 heterocycles. The summed E-state index contributed by atoms with van der Waals surface area (Å²) in [4.78, 5) is 33.7. The van der Waals surface area contributed by atoms with Gasteiger partial charge in [0.25, 0.3) is 5.56 Å². The number of ether oxygens (including phenoxy) is 2. The van der Waals surface area contributed by atoms with Crippen LogP contribution >= 0.6 is 11.3 Å². The zero-order chi connectivity index (χ0) is 22.9. The van der Waals surface area contributed by atoms with Gasteiger partial charge in [-0.15, -0.1) is 11.3 Å². The number of carbonyl (C=O) groups excluding carboxylic acids is 1. The topological polar surface area (TPSA) is 73.7 Å². The molecule has 1 unspecified atom stereocenters. The fourth-order valence-corrected chi connectivity index (χ4v) is 5.28. The maximum absolute atomic E-state index is 13.5. The lowest BCUT2D eigenvalue weighted by atomic mass is 9.90. The first-order chi connectivity index (χ1) is 16.1. The molecule has 0 bridgehead atoms. The first-order valence-electron chi connectivity index (χ1n) is 10.6. The molecule has 2 aromatic heterocycles. The van der Waals surface area contributed by atoms with E-state index in [1.807, 2.05) is 40.6 Å². The van der Waals surface area contributed by atoms with Crippen molar-refractivity contribution in [2.24, 2.45) is 0 Å². The molecule has 0 spiro atoms. The summed E-state index contributed by atoms with van der Waals surface area (Å²) in [7, 11) is 3.23. The average molecular weight is 462 g/mol. The van der Waals surface area contributed by atoms with Crippen LogP contribution in [0.25, 0.3) is 10.9 Å². The van der Waals surface area contributed by atoms with Crippen LogP contribution in [-0.4, -0.2) is 41.1 Å². The quantitative estimate of drug-likeness (QED) is 0.454. The predicted octanol–water partition coefficient (Wildman–Crippen LogP) is 3.65. The van der Waals surface area contributed by atoms with E-state index >= 15 is 0 Å². The molecule has 4 aromatic rings. The van der Waals surface area contributed by atoms with Gasteiger partial charge in [-0.1, -0.05) is 18.2 Å². The van der Waals surface area contributed by atoms with E-state index in [2.05, 4.69) is 4.98 Å². The largest absolute Gasteiger partial charge is 0.493 e. The van der Waals surface area contributed by atoms with E-state index in [1.165, 1.54) is 10.9 Å². The van der Waals surface area contributed by atoms with Gasteiger partial charge in [0.2, 0.25) is 5.91 Å². The average Bonchev–Trinajstić information content (AvgIpc) is 3.38. The zero-order valence-electron chi connectivity index (χ0n) is 18.4. The highest BCUT2D eigenvalue weighted by Gasteiger charge is 2.34. The number of para-hydroxylation sites is 1. The molecule has 2 aromatic carbocycles. The van der Waals surface area contributed by atoms with E-state index in [0.29, 0.717) is 35.4 Å². The van der Waals surface area contributed by atoms with Crippen LogP contribution in [0.3, 0.4) is 0 Å². The van der Waals surface area contributed by atoms with Gasteiger partial charge in [-0.05, 0) is 53.3 Å². The molecule has 0 N–H and O–H groups in total. The van der Waals surface area contributed by atoms with Gasteiger partial charge in [-0.25, -0.2) is 4.98 Å². The standard InChI is InChI=1S/C25H23N3O4S/c1-31-20-12-16-9-10-28(24(22-8-5-11-33-22)18(16)13-21(20)32-2)23(29)14-27-15-26-19-7-4-3-6-17(19)25(27)30/h3-8,11-13,15,24H,9-10,14H2,1-2H3. The number of hydrogen-bond donors (Lipinski definition) is 0. The van der Waals surface area contributed by atoms with Crippen molar-refractivity contribution < 1.29 is 14.3 Å². The first kappa shape index (κ1) is 21.2. The zero-order valence-corrected chi connectivity index (χ0v) is 19.2. The number of benzene rings is 2. The number of amides is 1. The summed E-state index contributed by atoms with van der Waals surface area (Å²) in [6.07, 6.45) is 2.14. The molecule has 0 fully saturated rings. The molecule has 1 aliphatic rings. The highest BCUT2D eigenvalue weighted by molar-refractivity contribution is 7.10. The Morgan fingerprint density at radius 3 is 2.67 bits per heavy atom. The highest BCUT2D eigenvalue weighted by atomic mass is 32.1. The minimum absolute atomic E-state index is 0.0683. The van der Waals surface area contributed by atoms with Crippen molar-refractivity contribution >= 4 is 28.1 Å². The smallest absolute Gasteiger partial charge is 0.261 e. The molecule has 1 amide bonds. The second-order valence-corrected chi connectivity index (χ2v) is 8.84. The fraction of sp³-hybridized carbons (Fsp3) is 0.240. The number of nitrogens with zero attached hydrogens (tertiary/aromatic N) is 3. The van der Waals surface area contributed by atoms with Crippen molar-refractivity contribution in [3.05, 3.63) is 86.6 Å². The number of hydrogen-bond acceptors (Lipinski definition) is 6. The Kier molecular flexibility index (Phi) is 5.60. The third-order valence-corrected chi connectivity index (χ3v) is 6.97. The number of carbonyl (C=O) groups is 1. The molecule has 33 heavy (non-hydrogen) atoms. The fourth-order valence-electron chi connectivity index (χ4n) is 4.42. The van der Waals surface area contributed by atoms with Crippen molar-refractivity contribution in [3.8, 4) is 11.5 Å². The molecule has 5 rings (SSSR count). The molecule has 0 aliphatic carbocycles. The maximum atomic E-state index is 13.5. The summed E-state index contributed by atoms with van der Waals surface area (Å²) in [6, 6.07) is 14.9. The van der Waals surface area contributed by atoms with Crippen molar-refractivity contribution in [3.63, 3.8) is 0 Å². The van der Waals surface area contributed by atoms with Crippen LogP contribution in [0, 0.1) is 0 Å². The lowest BCUT2D eigenvalue weighted by Crippen LogP contribution is -2.43. The van der Waals surface area contributed by atoms with Crippen molar-refractivity contribution in [1.82, 2.24) is 14.5 Å². The van der Waals surface area contributed by atoms with Gasteiger partial charge in [0.15, 0.2) is 11.5 Å². The van der Waals surface area contributed by atoms with E-state index < -0.39 is 0 Å². The second-order valence-electron chi connectivity index (χ2n) is 7.86. The SMILES string of the molecule is COc1cc2c(cc1OC)C(c1cccs1)N(C(=O)Cn1cnc3ccccc3c1=O)CC2. The van der Waals surface area contributed by atoms with Crippen LogP contribution in [0.5, 0.6) is 11.5 Å². The summed E-state index contributed by atoms with van der Waals surface area (Å²) < 4.78 is 12.4. The van der Waals surface area contributed by atoms with Gasteiger partial charge >= 0.3 is 0 Å². The Balaban J connectivity index is 1.53. The Hall–Kier alpha value is -3.65. The predicted molar refractivity (Wildman–Crippen MR) is 127 cm³/mol. The normalized spacial score (nSPS) is 15.3. The van der Waals surface area contributed by atoms with E-state index in [0.717, 1.165) is 16.0 Å². The Morgan fingerprint density at radius 2 is 1.91 bits per heavy atom. The first-order valence-corrected chi connectivity index (χ1v) is 11.5. The summed E-state index contributed by atoms with van der Waals surface area (Å²) in [5.41, 5.74) is 2.54. The van der Waals surface area contributed by atoms with Crippen LogP contribution in [-0.2, 0) is 17.8 Å². The summed E-state index contributed by atoms with van der Waals surface area (Å²) in [5.74, 6) is 1.17. The third-order valence-electron chi connectivity index (χ3n) is 6.04. The number of methoxy groups -OCH3 is 2. The van der Waals surface area contributed by atoms with Gasteiger partial charge in [-0.2, -0.15) is 0 Å². The molecule has 0 saturated heterocycles. The van der Waals surface area contributed by atoms with E-state index in [9.17, 15) is 9.59 Å². The Bertz CT molecular complexity index is 1380. The van der Waals surface area contributed by atoms with Gasteiger partial charge in [0, 0.05) is 11.4 Å². The van der Waals surface area contributed by atoms with Crippen molar-refractivity contribution in [1.29, 1.82) is 0 Å². The molecule has 0 saturated carbocycles. The molecule has 1 atom stereocenters. The van der Waals surface area contributed by atoms with Crippen LogP contribution < -0.4 is 15.0 Å². The van der Waals surface area contributed by atoms with Gasteiger partial charge in [-0.3, -0.25) is 14.2 Å². The molecule has 8 heteroatoms. The molecule has 168 valence electrons. The second kappa shape index (κ2) is 8.71. The molecule has 1 aliphatic heterocycles. The van der Waals surface area contributed by atoms with E-state index in [-0.39, 0.29) is 24.1 Å². The summed E-state index contributed by atoms with van der Waals surface area (Å²) in [6.45, 7) is 0.473. The van der Waals surface area contributed by atoms with Crippen molar-refractivity contribution in [2.45, 2.75) is 19.0 Å². The minimum atomic E-state index is -0.259.